The van der Waals surface area contributed by atoms with Crippen molar-refractivity contribution in [2.45, 2.75) is 10.1 Å². The fourth-order valence-corrected chi connectivity index (χ4v) is 2.25. The van der Waals surface area contributed by atoms with Gasteiger partial charge < -0.3 is 0 Å². The zero-order valence-corrected chi connectivity index (χ0v) is 10.5. The average Bonchev–Trinajstić information content (AvgIpc) is 2.36. The highest BCUT2D eigenvalue weighted by molar-refractivity contribution is 7.99. The van der Waals surface area contributed by atoms with Gasteiger partial charge in [-0.05, 0) is 23.9 Å². The molecule has 0 atom stereocenters. The van der Waals surface area contributed by atoms with E-state index in [1.807, 2.05) is 0 Å². The Morgan fingerprint density at radius 2 is 2.21 bits per heavy atom. The van der Waals surface area contributed by atoms with Gasteiger partial charge in [0.05, 0.1) is 0 Å². The Balaban J connectivity index is 2.51. The first-order valence-corrected chi connectivity index (χ1v) is 5.88. The first kappa shape index (κ1) is 13.0. The standard InChI is InChI=1S/C11H7FN4O2S/c1-16-11(14-9(17)10(18)15-16)19-8-4-2-3-7(12)6(8)5-13/h2-4H,1H3,(H,15,18). The van der Waals surface area contributed by atoms with Gasteiger partial charge in [-0.2, -0.15) is 10.2 Å². The number of nitrogens with zero attached hydrogens (tertiary/aromatic N) is 3. The van der Waals surface area contributed by atoms with Gasteiger partial charge >= 0.3 is 11.1 Å². The van der Waals surface area contributed by atoms with Crippen LogP contribution in [0.1, 0.15) is 5.56 Å². The zero-order valence-electron chi connectivity index (χ0n) is 9.68. The number of hydrogen-bond donors (Lipinski definition) is 1. The third kappa shape index (κ3) is 2.56. The lowest BCUT2D eigenvalue weighted by molar-refractivity contribution is 0.595. The van der Waals surface area contributed by atoms with Crippen molar-refractivity contribution < 1.29 is 4.39 Å². The molecule has 2 aromatic rings. The molecule has 8 heteroatoms. The highest BCUT2D eigenvalue weighted by Gasteiger charge is 2.12. The van der Waals surface area contributed by atoms with Gasteiger partial charge in [-0.1, -0.05) is 6.07 Å². The molecule has 0 fully saturated rings. The number of rotatable bonds is 2. The summed E-state index contributed by atoms with van der Waals surface area (Å²) in [6, 6.07) is 5.89. The second kappa shape index (κ2) is 5.07. The number of hydrogen-bond acceptors (Lipinski definition) is 5. The summed E-state index contributed by atoms with van der Waals surface area (Å²) >= 11 is 0.922. The minimum atomic E-state index is -0.935. The summed E-state index contributed by atoms with van der Waals surface area (Å²) in [4.78, 5) is 26.1. The van der Waals surface area contributed by atoms with Crippen LogP contribution in [-0.4, -0.2) is 14.8 Å². The van der Waals surface area contributed by atoms with Gasteiger partial charge in [-0.3, -0.25) is 19.4 Å². The monoisotopic (exact) mass is 278 g/mol. The maximum atomic E-state index is 13.4. The van der Waals surface area contributed by atoms with Crippen molar-refractivity contribution >= 4 is 11.8 Å². The second-order valence-corrected chi connectivity index (χ2v) is 4.54. The molecule has 0 bridgehead atoms. The van der Waals surface area contributed by atoms with E-state index in [2.05, 4.69) is 10.1 Å². The molecule has 0 aliphatic carbocycles. The van der Waals surface area contributed by atoms with E-state index in [0.29, 0.717) is 4.90 Å². The minimum Gasteiger partial charge on any atom is -0.265 e. The Morgan fingerprint density at radius 3 is 2.89 bits per heavy atom. The molecule has 1 aromatic heterocycles. The van der Waals surface area contributed by atoms with Crippen molar-refractivity contribution in [1.82, 2.24) is 14.8 Å². The molecule has 0 unspecified atom stereocenters. The summed E-state index contributed by atoms with van der Waals surface area (Å²) < 4.78 is 14.7. The van der Waals surface area contributed by atoms with E-state index < -0.39 is 16.9 Å². The Labute approximate surface area is 110 Å². The SMILES string of the molecule is Cn1[nH]c(=O)c(=O)nc1Sc1cccc(F)c1C#N. The van der Waals surface area contributed by atoms with Crippen LogP contribution in [0.2, 0.25) is 0 Å². The lowest BCUT2D eigenvalue weighted by Gasteiger charge is -2.07. The summed E-state index contributed by atoms with van der Waals surface area (Å²) in [5, 5.41) is 11.3. The van der Waals surface area contributed by atoms with E-state index in [0.717, 1.165) is 11.8 Å². The molecule has 2 rings (SSSR count). The van der Waals surface area contributed by atoms with E-state index in [-0.39, 0.29) is 10.7 Å². The number of halogens is 1. The average molecular weight is 278 g/mol. The van der Waals surface area contributed by atoms with Crippen LogP contribution in [0.25, 0.3) is 0 Å². The van der Waals surface area contributed by atoms with Gasteiger partial charge in [0.15, 0.2) is 5.16 Å². The Bertz CT molecular complexity index is 791. The van der Waals surface area contributed by atoms with Gasteiger partial charge in [0.1, 0.15) is 17.4 Å². The van der Waals surface area contributed by atoms with Gasteiger partial charge in [-0.25, -0.2) is 4.39 Å². The van der Waals surface area contributed by atoms with Gasteiger partial charge in [-0.15, -0.1) is 0 Å². The number of aromatic amines is 1. The van der Waals surface area contributed by atoms with Crippen LogP contribution >= 0.6 is 11.8 Å². The number of nitriles is 1. The van der Waals surface area contributed by atoms with Crippen LogP contribution < -0.4 is 11.1 Å². The zero-order chi connectivity index (χ0) is 14.0. The van der Waals surface area contributed by atoms with Crippen molar-refractivity contribution in [3.05, 3.63) is 50.3 Å². The number of aryl methyl sites for hydroxylation is 1. The van der Waals surface area contributed by atoms with Crippen LogP contribution in [0.3, 0.4) is 0 Å². The summed E-state index contributed by atoms with van der Waals surface area (Å²) in [6.45, 7) is 0. The van der Waals surface area contributed by atoms with Crippen LogP contribution in [-0.2, 0) is 7.05 Å². The van der Waals surface area contributed by atoms with Crippen LogP contribution in [0.4, 0.5) is 4.39 Å². The van der Waals surface area contributed by atoms with Crippen LogP contribution in [0.5, 0.6) is 0 Å². The molecule has 0 aliphatic heterocycles. The number of nitrogens with one attached hydrogen (secondary N) is 1. The molecule has 1 aromatic carbocycles. The molecule has 0 radical (unpaired) electrons. The number of H-pyrrole nitrogens is 1. The number of aromatic nitrogens is 3. The van der Waals surface area contributed by atoms with E-state index in [9.17, 15) is 14.0 Å². The molecule has 6 nitrogen and oxygen atoms in total. The molecule has 1 heterocycles. The quantitative estimate of drug-likeness (QED) is 0.813. The molecule has 0 amide bonds. The topological polar surface area (TPSA) is 91.5 Å². The third-order valence-corrected chi connectivity index (χ3v) is 3.34. The fraction of sp³-hybridized carbons (Fsp3) is 0.0909. The first-order valence-electron chi connectivity index (χ1n) is 5.06. The second-order valence-electron chi connectivity index (χ2n) is 3.53. The van der Waals surface area contributed by atoms with E-state index in [4.69, 9.17) is 5.26 Å². The molecule has 1 N–H and O–H groups in total. The largest absolute Gasteiger partial charge is 0.339 e. The lowest BCUT2D eigenvalue weighted by atomic mass is 10.2. The fourth-order valence-electron chi connectivity index (χ4n) is 1.35. The third-order valence-electron chi connectivity index (χ3n) is 2.24. The van der Waals surface area contributed by atoms with Crippen molar-refractivity contribution in [1.29, 1.82) is 5.26 Å². The molecule has 19 heavy (non-hydrogen) atoms. The molecule has 0 aliphatic rings. The minimum absolute atomic E-state index is 0.132. The van der Waals surface area contributed by atoms with Crippen molar-refractivity contribution in [3.8, 4) is 6.07 Å². The molecular weight excluding hydrogens is 271 g/mol. The summed E-state index contributed by atoms with van der Waals surface area (Å²) in [5.41, 5.74) is -1.91. The maximum Gasteiger partial charge on any atom is 0.339 e. The summed E-state index contributed by atoms with van der Waals surface area (Å²) in [5.74, 6) is -0.651. The molecule has 0 saturated carbocycles. The smallest absolute Gasteiger partial charge is 0.265 e. The highest BCUT2D eigenvalue weighted by atomic mass is 32.2. The van der Waals surface area contributed by atoms with Crippen LogP contribution in [0.15, 0.2) is 37.8 Å². The maximum absolute atomic E-state index is 13.4. The van der Waals surface area contributed by atoms with Crippen molar-refractivity contribution in [2.24, 2.45) is 7.05 Å². The van der Waals surface area contributed by atoms with Gasteiger partial charge in [0.25, 0.3) is 0 Å². The molecule has 0 spiro atoms. The van der Waals surface area contributed by atoms with Gasteiger partial charge in [0.2, 0.25) is 0 Å². The molecular formula is C11H7FN4O2S. The first-order chi connectivity index (χ1) is 9.02. The Hall–Kier alpha value is -2.40. The van der Waals surface area contributed by atoms with E-state index in [1.54, 1.807) is 6.07 Å². The predicted octanol–water partition coefficient (Wildman–Crippen LogP) is 0.631. The normalized spacial score (nSPS) is 10.2. The number of benzene rings is 1. The van der Waals surface area contributed by atoms with Gasteiger partial charge in [0, 0.05) is 11.9 Å². The molecule has 0 saturated heterocycles. The lowest BCUT2D eigenvalue weighted by Crippen LogP contribution is -2.33. The molecule has 96 valence electrons. The summed E-state index contributed by atoms with van der Waals surface area (Å²) in [7, 11) is 1.49. The Morgan fingerprint density at radius 1 is 1.47 bits per heavy atom. The van der Waals surface area contributed by atoms with Crippen molar-refractivity contribution in [2.75, 3.05) is 0 Å². The van der Waals surface area contributed by atoms with E-state index in [1.165, 1.54) is 29.9 Å². The Kier molecular flexibility index (Phi) is 3.48. The van der Waals surface area contributed by atoms with Crippen LogP contribution in [0, 0.1) is 17.1 Å². The van der Waals surface area contributed by atoms with E-state index >= 15 is 0 Å². The van der Waals surface area contributed by atoms with Crippen molar-refractivity contribution in [3.63, 3.8) is 0 Å². The summed E-state index contributed by atoms with van der Waals surface area (Å²) in [6.07, 6.45) is 0. The highest BCUT2D eigenvalue weighted by Crippen LogP contribution is 2.28. The predicted molar refractivity (Wildman–Crippen MR) is 65.3 cm³/mol.